The smallest absolute Gasteiger partial charge is 0.236 e. The maximum Gasteiger partial charge on any atom is 0.236 e. The number of aromatic nitrogens is 1. The Morgan fingerprint density at radius 3 is 3.12 bits per heavy atom. The Bertz CT molecular complexity index is 497. The molecule has 0 aliphatic carbocycles. The normalized spacial score (nSPS) is 10.2. The van der Waals surface area contributed by atoms with Crippen LogP contribution in [-0.4, -0.2) is 16.6 Å². The SMILES string of the molecule is Cc1cccc(SCC(=O)Nc2nccs2)c1. The molecular weight excluding hydrogens is 252 g/mol. The zero-order valence-corrected chi connectivity index (χ0v) is 11.0. The summed E-state index contributed by atoms with van der Waals surface area (Å²) in [6.45, 7) is 2.04. The molecule has 1 aromatic heterocycles. The number of anilines is 1. The molecule has 0 saturated heterocycles. The molecule has 3 nitrogen and oxygen atoms in total. The van der Waals surface area contributed by atoms with E-state index in [1.165, 1.54) is 28.7 Å². The predicted molar refractivity (Wildman–Crippen MR) is 72.6 cm³/mol. The summed E-state index contributed by atoms with van der Waals surface area (Å²) in [4.78, 5) is 16.7. The summed E-state index contributed by atoms with van der Waals surface area (Å²) in [6, 6.07) is 8.12. The lowest BCUT2D eigenvalue weighted by Gasteiger charge is -2.02. The zero-order chi connectivity index (χ0) is 12.1. The Kier molecular flexibility index (Phi) is 4.17. The highest BCUT2D eigenvalue weighted by atomic mass is 32.2. The number of amides is 1. The van der Waals surface area contributed by atoms with Crippen LogP contribution in [0.4, 0.5) is 5.13 Å². The first-order valence-electron chi connectivity index (χ1n) is 5.13. The fraction of sp³-hybridized carbons (Fsp3) is 0.167. The van der Waals surface area contributed by atoms with Crippen LogP contribution in [0.2, 0.25) is 0 Å². The van der Waals surface area contributed by atoms with Gasteiger partial charge in [-0.15, -0.1) is 23.1 Å². The van der Waals surface area contributed by atoms with E-state index in [1.807, 2.05) is 30.5 Å². The van der Waals surface area contributed by atoms with E-state index in [0.29, 0.717) is 10.9 Å². The van der Waals surface area contributed by atoms with Crippen LogP contribution in [0, 0.1) is 6.92 Å². The fourth-order valence-corrected chi connectivity index (χ4v) is 2.65. The second-order valence-electron chi connectivity index (χ2n) is 3.49. The third-order valence-electron chi connectivity index (χ3n) is 2.04. The van der Waals surface area contributed by atoms with Gasteiger partial charge in [0.2, 0.25) is 5.91 Å². The van der Waals surface area contributed by atoms with Gasteiger partial charge >= 0.3 is 0 Å². The predicted octanol–water partition coefficient (Wildman–Crippen LogP) is 3.18. The number of thioether (sulfide) groups is 1. The van der Waals surface area contributed by atoms with Crippen molar-refractivity contribution in [3.05, 3.63) is 41.4 Å². The van der Waals surface area contributed by atoms with Crippen molar-refractivity contribution in [3.63, 3.8) is 0 Å². The minimum atomic E-state index is -0.0218. The van der Waals surface area contributed by atoms with E-state index >= 15 is 0 Å². The first-order chi connectivity index (χ1) is 8.24. The van der Waals surface area contributed by atoms with E-state index in [1.54, 1.807) is 6.20 Å². The van der Waals surface area contributed by atoms with Gasteiger partial charge in [0.1, 0.15) is 0 Å². The first kappa shape index (κ1) is 12.1. The number of nitrogens with one attached hydrogen (secondary N) is 1. The van der Waals surface area contributed by atoms with Crippen LogP contribution in [0.5, 0.6) is 0 Å². The highest BCUT2D eigenvalue weighted by Gasteiger charge is 2.04. The maximum absolute atomic E-state index is 11.6. The number of benzene rings is 1. The van der Waals surface area contributed by atoms with E-state index in [-0.39, 0.29) is 5.91 Å². The highest BCUT2D eigenvalue weighted by molar-refractivity contribution is 8.00. The van der Waals surface area contributed by atoms with Crippen LogP contribution in [0.1, 0.15) is 5.56 Å². The third-order valence-corrected chi connectivity index (χ3v) is 3.72. The van der Waals surface area contributed by atoms with Crippen molar-refractivity contribution >= 4 is 34.1 Å². The molecule has 0 bridgehead atoms. The van der Waals surface area contributed by atoms with Crippen LogP contribution in [0.25, 0.3) is 0 Å². The standard InChI is InChI=1S/C12H12N2OS2/c1-9-3-2-4-10(7-9)17-8-11(15)14-12-13-5-6-16-12/h2-7H,8H2,1H3,(H,13,14,15). The number of carbonyl (C=O) groups excluding carboxylic acids is 1. The molecule has 0 saturated carbocycles. The number of nitrogens with zero attached hydrogens (tertiary/aromatic N) is 1. The van der Waals surface area contributed by atoms with Gasteiger partial charge in [-0.2, -0.15) is 0 Å². The van der Waals surface area contributed by atoms with Crippen LogP contribution >= 0.6 is 23.1 Å². The van der Waals surface area contributed by atoms with Gasteiger partial charge in [-0.25, -0.2) is 4.98 Å². The molecule has 0 aliphatic rings. The zero-order valence-electron chi connectivity index (χ0n) is 9.34. The Hall–Kier alpha value is -1.33. The monoisotopic (exact) mass is 264 g/mol. The Balaban J connectivity index is 1.84. The number of carbonyl (C=O) groups is 1. The summed E-state index contributed by atoms with van der Waals surface area (Å²) in [6.07, 6.45) is 1.67. The number of aryl methyl sites for hydroxylation is 1. The Morgan fingerprint density at radius 1 is 1.53 bits per heavy atom. The van der Waals surface area contributed by atoms with Gasteiger partial charge in [0.25, 0.3) is 0 Å². The lowest BCUT2D eigenvalue weighted by molar-refractivity contribution is -0.113. The van der Waals surface area contributed by atoms with Gasteiger partial charge in [-0.1, -0.05) is 17.7 Å². The van der Waals surface area contributed by atoms with Gasteiger partial charge in [0, 0.05) is 16.5 Å². The molecule has 1 amide bonds. The molecule has 0 unspecified atom stereocenters. The molecule has 2 aromatic rings. The summed E-state index contributed by atoms with van der Waals surface area (Å²) < 4.78 is 0. The molecule has 0 aliphatic heterocycles. The lowest BCUT2D eigenvalue weighted by atomic mass is 10.2. The van der Waals surface area contributed by atoms with Gasteiger partial charge in [0.15, 0.2) is 5.13 Å². The van der Waals surface area contributed by atoms with Gasteiger partial charge in [0.05, 0.1) is 5.75 Å². The minimum absolute atomic E-state index is 0.0218. The minimum Gasteiger partial charge on any atom is -0.301 e. The molecule has 2 rings (SSSR count). The molecule has 1 aromatic carbocycles. The summed E-state index contributed by atoms with van der Waals surface area (Å²) in [5.41, 5.74) is 1.20. The second kappa shape index (κ2) is 5.84. The number of hydrogen-bond donors (Lipinski definition) is 1. The van der Waals surface area contributed by atoms with Gasteiger partial charge in [-0.3, -0.25) is 4.79 Å². The van der Waals surface area contributed by atoms with Crippen molar-refractivity contribution in [3.8, 4) is 0 Å². The van der Waals surface area contributed by atoms with E-state index in [4.69, 9.17) is 0 Å². The fourth-order valence-electron chi connectivity index (χ4n) is 1.29. The summed E-state index contributed by atoms with van der Waals surface area (Å²) in [7, 11) is 0. The molecule has 1 heterocycles. The van der Waals surface area contributed by atoms with Crippen LogP contribution in [0.3, 0.4) is 0 Å². The van der Waals surface area contributed by atoms with Crippen LogP contribution in [-0.2, 0) is 4.79 Å². The van der Waals surface area contributed by atoms with Crippen LogP contribution < -0.4 is 5.32 Å². The van der Waals surface area contributed by atoms with Crippen molar-refractivity contribution < 1.29 is 4.79 Å². The molecule has 0 atom stereocenters. The molecule has 17 heavy (non-hydrogen) atoms. The topological polar surface area (TPSA) is 42.0 Å². The maximum atomic E-state index is 11.6. The first-order valence-corrected chi connectivity index (χ1v) is 6.99. The largest absolute Gasteiger partial charge is 0.301 e. The Labute approximate surface area is 108 Å². The Morgan fingerprint density at radius 2 is 2.41 bits per heavy atom. The molecule has 1 N–H and O–H groups in total. The highest BCUT2D eigenvalue weighted by Crippen LogP contribution is 2.19. The van der Waals surface area contributed by atoms with Gasteiger partial charge in [-0.05, 0) is 19.1 Å². The number of thiazole rings is 1. The van der Waals surface area contributed by atoms with E-state index in [2.05, 4.69) is 16.4 Å². The second-order valence-corrected chi connectivity index (χ2v) is 5.43. The molecule has 0 spiro atoms. The summed E-state index contributed by atoms with van der Waals surface area (Å²) in [5.74, 6) is 0.384. The molecule has 0 radical (unpaired) electrons. The number of rotatable bonds is 4. The molecule has 88 valence electrons. The lowest BCUT2D eigenvalue weighted by Crippen LogP contribution is -2.13. The molecular formula is C12H12N2OS2. The van der Waals surface area contributed by atoms with E-state index in [9.17, 15) is 4.79 Å². The van der Waals surface area contributed by atoms with Crippen molar-refractivity contribution in [2.45, 2.75) is 11.8 Å². The number of hydrogen-bond acceptors (Lipinski definition) is 4. The molecule has 0 fully saturated rings. The van der Waals surface area contributed by atoms with E-state index < -0.39 is 0 Å². The third kappa shape index (κ3) is 3.87. The average molecular weight is 264 g/mol. The van der Waals surface area contributed by atoms with Crippen molar-refractivity contribution in [1.29, 1.82) is 0 Å². The van der Waals surface area contributed by atoms with Crippen molar-refractivity contribution in [2.75, 3.05) is 11.1 Å². The van der Waals surface area contributed by atoms with Crippen LogP contribution in [0.15, 0.2) is 40.7 Å². The van der Waals surface area contributed by atoms with Crippen molar-refractivity contribution in [2.24, 2.45) is 0 Å². The van der Waals surface area contributed by atoms with E-state index in [0.717, 1.165) is 4.90 Å². The summed E-state index contributed by atoms with van der Waals surface area (Å²) >= 11 is 2.95. The summed E-state index contributed by atoms with van der Waals surface area (Å²) in [5, 5.41) is 5.24. The van der Waals surface area contributed by atoms with Gasteiger partial charge < -0.3 is 5.32 Å². The quantitative estimate of drug-likeness (QED) is 0.862. The average Bonchev–Trinajstić information content (AvgIpc) is 2.79. The van der Waals surface area contributed by atoms with Crippen molar-refractivity contribution in [1.82, 2.24) is 4.98 Å². The molecule has 5 heteroatoms.